The maximum atomic E-state index is 11.9. The Morgan fingerprint density at radius 1 is 1.44 bits per heavy atom. The topological polar surface area (TPSA) is 62.2 Å². The fourth-order valence-corrected chi connectivity index (χ4v) is 1.93. The molecule has 86 valence electrons. The second kappa shape index (κ2) is 4.61. The van der Waals surface area contributed by atoms with E-state index in [0.717, 1.165) is 24.8 Å². The molecule has 1 aliphatic rings. The minimum Gasteiger partial charge on any atom is -0.395 e. The van der Waals surface area contributed by atoms with E-state index in [1.54, 1.807) is 12.4 Å². The molecule has 1 aromatic rings. The molecule has 4 heteroatoms. The molecule has 2 N–H and O–H groups in total. The Kier molecular flexibility index (Phi) is 3.19. The maximum absolute atomic E-state index is 11.9. The molecule has 1 amide bonds. The van der Waals surface area contributed by atoms with Crippen molar-refractivity contribution in [3.63, 3.8) is 0 Å². The molecule has 0 bridgehead atoms. The van der Waals surface area contributed by atoms with Crippen LogP contribution in [0.2, 0.25) is 0 Å². The van der Waals surface area contributed by atoms with E-state index in [9.17, 15) is 9.90 Å². The lowest BCUT2D eigenvalue weighted by molar-refractivity contribution is -0.139. The van der Waals surface area contributed by atoms with Gasteiger partial charge in [0.15, 0.2) is 0 Å². The van der Waals surface area contributed by atoms with Gasteiger partial charge in [0.2, 0.25) is 5.91 Å². The van der Waals surface area contributed by atoms with Crippen LogP contribution < -0.4 is 5.32 Å². The molecule has 16 heavy (non-hydrogen) atoms. The highest BCUT2D eigenvalue weighted by atomic mass is 16.3. The lowest BCUT2D eigenvalue weighted by Gasteiger charge is -2.38. The van der Waals surface area contributed by atoms with Crippen LogP contribution in [0.4, 0.5) is 0 Å². The first kappa shape index (κ1) is 11.1. The second-order valence-corrected chi connectivity index (χ2v) is 4.33. The van der Waals surface area contributed by atoms with Crippen LogP contribution in [0.25, 0.3) is 0 Å². The molecule has 1 aliphatic carbocycles. The van der Waals surface area contributed by atoms with E-state index in [0.29, 0.717) is 6.54 Å². The van der Waals surface area contributed by atoms with E-state index < -0.39 is 5.41 Å². The summed E-state index contributed by atoms with van der Waals surface area (Å²) in [4.78, 5) is 15.8. The number of carbonyl (C=O) groups is 1. The molecule has 0 aliphatic heterocycles. The molecular weight excluding hydrogens is 204 g/mol. The van der Waals surface area contributed by atoms with Gasteiger partial charge in [0.05, 0.1) is 12.0 Å². The molecule has 0 aromatic carbocycles. The van der Waals surface area contributed by atoms with Crippen molar-refractivity contribution in [1.29, 1.82) is 0 Å². The Hall–Kier alpha value is -1.42. The zero-order valence-electron chi connectivity index (χ0n) is 9.15. The Labute approximate surface area is 94.7 Å². The van der Waals surface area contributed by atoms with Crippen molar-refractivity contribution in [1.82, 2.24) is 10.3 Å². The number of hydrogen-bond donors (Lipinski definition) is 2. The normalized spacial score (nSPS) is 17.6. The number of aliphatic hydroxyl groups excluding tert-OH is 1. The summed E-state index contributed by atoms with van der Waals surface area (Å²) in [7, 11) is 0. The third-order valence-electron chi connectivity index (χ3n) is 3.30. The van der Waals surface area contributed by atoms with Gasteiger partial charge in [0, 0.05) is 18.9 Å². The summed E-state index contributed by atoms with van der Waals surface area (Å²) < 4.78 is 0. The average molecular weight is 220 g/mol. The number of hydrogen-bond acceptors (Lipinski definition) is 3. The summed E-state index contributed by atoms with van der Waals surface area (Å²) >= 11 is 0. The number of nitrogens with zero attached hydrogens (tertiary/aromatic N) is 1. The van der Waals surface area contributed by atoms with Crippen molar-refractivity contribution in [3.05, 3.63) is 30.1 Å². The predicted octanol–water partition coefficient (Wildman–Crippen LogP) is 0.860. The van der Waals surface area contributed by atoms with Gasteiger partial charge in [0.25, 0.3) is 0 Å². The summed E-state index contributed by atoms with van der Waals surface area (Å²) in [5, 5.41) is 12.1. The molecule has 0 unspecified atom stereocenters. The fraction of sp³-hybridized carbons (Fsp3) is 0.500. The van der Waals surface area contributed by atoms with Gasteiger partial charge in [-0.1, -0.05) is 6.42 Å². The van der Waals surface area contributed by atoms with Gasteiger partial charge < -0.3 is 10.4 Å². The number of amides is 1. The summed E-state index contributed by atoms with van der Waals surface area (Å²) in [5.41, 5.74) is 0.517. The number of rotatable bonds is 4. The van der Waals surface area contributed by atoms with Gasteiger partial charge in [0.1, 0.15) is 0 Å². The molecule has 1 fully saturated rings. The molecule has 0 radical (unpaired) electrons. The summed E-state index contributed by atoms with van der Waals surface area (Å²) in [6, 6.07) is 3.74. The predicted molar refractivity (Wildman–Crippen MR) is 59.5 cm³/mol. The summed E-state index contributed by atoms with van der Waals surface area (Å²) in [6.45, 7) is 0.457. The van der Waals surface area contributed by atoms with Crippen molar-refractivity contribution >= 4 is 5.91 Å². The third kappa shape index (κ3) is 2.07. The largest absolute Gasteiger partial charge is 0.395 e. The van der Waals surface area contributed by atoms with Gasteiger partial charge >= 0.3 is 0 Å². The number of aliphatic hydroxyl groups is 1. The number of carbonyl (C=O) groups excluding carboxylic acids is 1. The quantitative estimate of drug-likeness (QED) is 0.791. The minimum atomic E-state index is -0.507. The van der Waals surface area contributed by atoms with E-state index in [1.807, 2.05) is 12.1 Å². The standard InChI is InChI=1S/C12H16N2O2/c15-9-12(4-1-5-12)11(16)14-8-10-2-6-13-7-3-10/h2-3,6-7,15H,1,4-5,8-9H2,(H,14,16). The number of pyridine rings is 1. The van der Waals surface area contributed by atoms with Crippen LogP contribution in [0.1, 0.15) is 24.8 Å². The Morgan fingerprint density at radius 2 is 2.12 bits per heavy atom. The van der Waals surface area contributed by atoms with Gasteiger partial charge in [-0.15, -0.1) is 0 Å². The minimum absolute atomic E-state index is 0.0296. The first-order valence-electron chi connectivity index (χ1n) is 5.55. The molecule has 0 spiro atoms. The van der Waals surface area contributed by atoms with Crippen molar-refractivity contribution in [2.24, 2.45) is 5.41 Å². The first-order chi connectivity index (χ1) is 7.77. The molecule has 0 saturated heterocycles. The first-order valence-corrected chi connectivity index (χ1v) is 5.55. The second-order valence-electron chi connectivity index (χ2n) is 4.33. The molecule has 0 atom stereocenters. The summed E-state index contributed by atoms with van der Waals surface area (Å²) in [5.74, 6) is -0.0296. The zero-order chi connectivity index (χ0) is 11.4. The number of aromatic nitrogens is 1. The van der Waals surface area contributed by atoms with E-state index in [2.05, 4.69) is 10.3 Å². The van der Waals surface area contributed by atoms with E-state index in [1.165, 1.54) is 0 Å². The highest BCUT2D eigenvalue weighted by Gasteiger charge is 2.43. The monoisotopic (exact) mass is 220 g/mol. The van der Waals surface area contributed by atoms with Crippen LogP contribution in [0.3, 0.4) is 0 Å². The van der Waals surface area contributed by atoms with Gasteiger partial charge in [-0.25, -0.2) is 0 Å². The van der Waals surface area contributed by atoms with Crippen LogP contribution in [-0.2, 0) is 11.3 Å². The Balaban J connectivity index is 1.89. The van der Waals surface area contributed by atoms with Gasteiger partial charge in [-0.3, -0.25) is 9.78 Å². The lowest BCUT2D eigenvalue weighted by atomic mass is 9.68. The molecule has 1 saturated carbocycles. The van der Waals surface area contributed by atoms with Crippen molar-refractivity contribution in [2.75, 3.05) is 6.61 Å². The van der Waals surface area contributed by atoms with Crippen LogP contribution in [0, 0.1) is 5.41 Å². The van der Waals surface area contributed by atoms with Crippen molar-refractivity contribution in [3.8, 4) is 0 Å². The maximum Gasteiger partial charge on any atom is 0.228 e. The average Bonchev–Trinajstić information content (AvgIpc) is 2.27. The van der Waals surface area contributed by atoms with E-state index in [-0.39, 0.29) is 12.5 Å². The molecule has 2 rings (SSSR count). The van der Waals surface area contributed by atoms with E-state index in [4.69, 9.17) is 0 Å². The Morgan fingerprint density at radius 3 is 2.62 bits per heavy atom. The summed E-state index contributed by atoms with van der Waals surface area (Å²) in [6.07, 6.45) is 6.03. The highest BCUT2D eigenvalue weighted by Crippen LogP contribution is 2.40. The molecule has 4 nitrogen and oxygen atoms in total. The lowest BCUT2D eigenvalue weighted by Crippen LogP contribution is -2.47. The van der Waals surface area contributed by atoms with Crippen LogP contribution in [-0.4, -0.2) is 22.6 Å². The SMILES string of the molecule is O=C(NCc1ccncc1)C1(CO)CCC1. The number of nitrogens with one attached hydrogen (secondary N) is 1. The highest BCUT2D eigenvalue weighted by molar-refractivity contribution is 5.83. The fourth-order valence-electron chi connectivity index (χ4n) is 1.93. The van der Waals surface area contributed by atoms with Gasteiger partial charge in [-0.2, -0.15) is 0 Å². The third-order valence-corrected chi connectivity index (χ3v) is 3.30. The van der Waals surface area contributed by atoms with E-state index >= 15 is 0 Å². The smallest absolute Gasteiger partial charge is 0.228 e. The van der Waals surface area contributed by atoms with Crippen LogP contribution >= 0.6 is 0 Å². The van der Waals surface area contributed by atoms with Gasteiger partial charge in [-0.05, 0) is 30.5 Å². The Bertz CT molecular complexity index is 355. The van der Waals surface area contributed by atoms with Crippen molar-refractivity contribution < 1.29 is 9.90 Å². The molecular formula is C12H16N2O2. The molecule has 1 aromatic heterocycles. The zero-order valence-corrected chi connectivity index (χ0v) is 9.15. The van der Waals surface area contributed by atoms with Crippen LogP contribution in [0.5, 0.6) is 0 Å². The molecule has 1 heterocycles. The van der Waals surface area contributed by atoms with Crippen molar-refractivity contribution in [2.45, 2.75) is 25.8 Å². The van der Waals surface area contributed by atoms with Crippen LogP contribution in [0.15, 0.2) is 24.5 Å².